The van der Waals surface area contributed by atoms with Crippen LogP contribution >= 0.6 is 55.1 Å². The Labute approximate surface area is 733 Å². The second-order valence-corrected chi connectivity index (χ2v) is 33.8. The van der Waals surface area contributed by atoms with Gasteiger partial charge in [0, 0.05) is 121 Å². The first-order valence-electron chi connectivity index (χ1n) is 40.0. The molecule has 16 rings (SSSR count). The number of hydrogen-bond donors (Lipinski definition) is 8. The predicted molar refractivity (Wildman–Crippen MR) is 486 cm³/mol. The highest BCUT2D eigenvalue weighted by atomic mass is 79.9. The highest BCUT2D eigenvalue weighted by Crippen LogP contribution is 2.36. The number of halogens is 6. The molecule has 121 heavy (non-hydrogen) atoms. The van der Waals surface area contributed by atoms with E-state index in [2.05, 4.69) is 50.9 Å². The Bertz CT molecular complexity index is 4640. The zero-order valence-electron chi connectivity index (χ0n) is 69.9. The lowest BCUT2D eigenvalue weighted by atomic mass is 10.0. The molecule has 8 atom stereocenters. The van der Waals surface area contributed by atoms with Crippen LogP contribution in [0.3, 0.4) is 0 Å². The van der Waals surface area contributed by atoms with Crippen molar-refractivity contribution < 1.29 is 51.9 Å². The maximum atomic E-state index is 13.1. The molecule has 8 aromatic rings. The number of amides is 8. The number of rotatable bonds is 1. The maximum absolute atomic E-state index is 13.1. The maximum Gasteiger partial charge on any atom is 0.243 e. The molecule has 8 aliphatic heterocycles. The summed E-state index contributed by atoms with van der Waals surface area (Å²) in [4.78, 5) is 107. The number of carbonyl (C=O) groups excluding carboxylic acids is 8. The van der Waals surface area contributed by atoms with Crippen molar-refractivity contribution in [2.45, 2.75) is 158 Å². The summed E-state index contributed by atoms with van der Waals surface area (Å²) in [6.45, 7) is 2.06. The summed E-state index contributed by atoms with van der Waals surface area (Å²) in [6.07, 6.45) is 11.8. The Morgan fingerprint density at radius 2 is 0.537 bits per heavy atom. The molecule has 8 aromatic carbocycles. The van der Waals surface area contributed by atoms with Gasteiger partial charge in [-0.05, 0) is 257 Å². The Hall–Kier alpha value is -9.60. The molecule has 8 heterocycles. The molecule has 646 valence electrons. The SMILES string of the molecule is CN1C(=O)[C@@H](N)CCc2cc(Br)ccc21.CN1C(=O)[C@@H](N)CCc2cc(Cl)ccc21.CN1C(=O)[C@@H](N)CCc2cc(F)ccc21.CN1C(=O)[C@@H](N)CCc2ccc(Br)cc21.CN1C(=O)[C@@H](N)CCc2ccc(Cl)cc21.CN1C(=O)[C@@H](N)CCc2ccc(F)cc21.COc1ccc2c(c1)N(C)C(=O)[C@@H](N)CC2.Cc1ccc2c(c1)CC[C@H](N)C(=O)N2C. The second-order valence-electron chi connectivity index (χ2n) is 31.1. The molecular weight excluding hydrogens is 1720 g/mol. The third-order valence-electron chi connectivity index (χ3n) is 22.7. The number of anilines is 8. The van der Waals surface area contributed by atoms with Gasteiger partial charge >= 0.3 is 0 Å². The van der Waals surface area contributed by atoms with E-state index in [0.29, 0.717) is 67.1 Å². The number of ether oxygens (including phenoxy) is 1. The van der Waals surface area contributed by atoms with Gasteiger partial charge in [0.25, 0.3) is 0 Å². The lowest BCUT2D eigenvalue weighted by Gasteiger charge is -2.19. The van der Waals surface area contributed by atoms with E-state index in [1.54, 1.807) is 111 Å². The lowest BCUT2D eigenvalue weighted by molar-refractivity contribution is -0.120. The van der Waals surface area contributed by atoms with Gasteiger partial charge in [-0.2, -0.15) is 0 Å². The van der Waals surface area contributed by atoms with Crippen LogP contribution in [0.1, 0.15) is 101 Å². The van der Waals surface area contributed by atoms with E-state index < -0.39 is 30.2 Å². The second kappa shape index (κ2) is 42.9. The fourth-order valence-electron chi connectivity index (χ4n) is 15.3. The topological polar surface area (TPSA) is 380 Å². The standard InChI is InChI=1S/C12H16N2O2.C12H16N2O.2C11H13BrN2O.2C11H13ClN2O.2C11H13FN2O/c1-14-11-7-9(16-2)5-3-8(11)4-6-10(13)12(14)15;1-8-3-6-11-9(7-8)4-5-10(13)12(15)14(11)2;1-14-10-5-3-8(12)6-7(10)2-4-9(13)11(14)15;1-14-10-6-8(12)4-2-7(10)3-5-9(13)11(14)15;1-14-10-5-3-8(12)6-7(10)2-4-9(13)11(14)15;1-14-10-6-8(12)4-2-7(10)3-5-9(13)11(14)15;1-14-10-5-3-8(12)6-7(10)2-4-9(13)11(14)15;1-14-10-6-8(12)4-2-7(10)3-5-9(13)11(14)15/h3,5,7,10H,4,6,13H2,1-2H3;3,6-7,10H,4-5,13H2,1-2H3;3,5-6,9H,2,4,13H2,1H3;2,4,6,9H,3,5,13H2,1H3;3,5-6,9H,2,4,13H2,1H3;2,4,6,9H,3,5,13H2,1H3;3,5-6,9H,2,4,13H2,1H3;2,4,6,9H,3,5,13H2,1H3/t2*10-;6*9-/m00000000/s1. The number of fused-ring (bicyclic) bond motifs is 8. The van der Waals surface area contributed by atoms with Crippen LogP contribution in [0.5, 0.6) is 5.75 Å². The molecule has 8 amide bonds. The van der Waals surface area contributed by atoms with Crippen molar-refractivity contribution in [1.29, 1.82) is 0 Å². The first-order chi connectivity index (χ1) is 57.3. The van der Waals surface area contributed by atoms with E-state index in [4.69, 9.17) is 73.8 Å². The molecule has 0 spiro atoms. The number of aryl methyl sites for hydroxylation is 9. The third-order valence-corrected chi connectivity index (χ3v) is 24.1. The van der Waals surface area contributed by atoms with Gasteiger partial charge in [-0.15, -0.1) is 0 Å². The molecule has 8 aliphatic rings. The molecule has 0 saturated carbocycles. The third kappa shape index (κ3) is 24.0. The zero-order chi connectivity index (χ0) is 88.7. The van der Waals surface area contributed by atoms with Crippen LogP contribution < -0.4 is 89.8 Å². The number of nitrogens with zero attached hydrogens (tertiary/aromatic N) is 8. The molecule has 25 nitrogen and oxygen atoms in total. The predicted octanol–water partition coefficient (Wildman–Crippen LogP) is 10.8. The summed E-state index contributed by atoms with van der Waals surface area (Å²) in [5.74, 6) is -0.220. The van der Waals surface area contributed by atoms with Gasteiger partial charge < -0.3 is 89.8 Å². The molecule has 0 fully saturated rings. The average Bonchev–Trinajstić information content (AvgIpc) is 1.68. The number of carbonyl (C=O) groups is 8. The number of hydrogen-bond acceptors (Lipinski definition) is 17. The van der Waals surface area contributed by atoms with Crippen LogP contribution in [-0.2, 0) is 89.7 Å². The van der Waals surface area contributed by atoms with E-state index in [1.807, 2.05) is 91.0 Å². The Morgan fingerprint density at radius 1 is 0.289 bits per heavy atom. The minimum absolute atomic E-state index is 0.00364. The molecule has 0 radical (unpaired) electrons. The molecule has 0 bridgehead atoms. The fraction of sp³-hybridized carbons (Fsp3) is 0.378. The first kappa shape index (κ1) is 95.2. The highest BCUT2D eigenvalue weighted by molar-refractivity contribution is 9.10. The smallest absolute Gasteiger partial charge is 0.243 e. The van der Waals surface area contributed by atoms with Crippen molar-refractivity contribution in [3.05, 3.63) is 226 Å². The van der Waals surface area contributed by atoms with E-state index in [9.17, 15) is 47.1 Å². The van der Waals surface area contributed by atoms with Crippen molar-refractivity contribution in [3.8, 4) is 5.75 Å². The summed E-state index contributed by atoms with van der Waals surface area (Å²) < 4.78 is 33.3. The van der Waals surface area contributed by atoms with E-state index >= 15 is 0 Å². The van der Waals surface area contributed by atoms with Crippen LogP contribution in [0.25, 0.3) is 0 Å². The molecule has 0 saturated heterocycles. The van der Waals surface area contributed by atoms with E-state index in [0.717, 1.165) is 134 Å². The van der Waals surface area contributed by atoms with Gasteiger partial charge in [0.05, 0.1) is 61.1 Å². The van der Waals surface area contributed by atoms with Gasteiger partial charge in [-0.3, -0.25) is 38.4 Å². The molecule has 0 aromatic heterocycles. The Morgan fingerprint density at radius 3 is 0.942 bits per heavy atom. The minimum Gasteiger partial charge on any atom is -0.497 e. The van der Waals surface area contributed by atoms with Gasteiger partial charge in [0.15, 0.2) is 0 Å². The van der Waals surface area contributed by atoms with Crippen molar-refractivity contribution >= 4 is 148 Å². The number of benzene rings is 8. The largest absolute Gasteiger partial charge is 0.497 e. The lowest BCUT2D eigenvalue weighted by Crippen LogP contribution is -2.40. The van der Waals surface area contributed by atoms with Crippen LogP contribution in [0.4, 0.5) is 54.3 Å². The van der Waals surface area contributed by atoms with Crippen molar-refractivity contribution in [2.24, 2.45) is 45.9 Å². The summed E-state index contributed by atoms with van der Waals surface area (Å²) >= 11 is 18.7. The van der Waals surface area contributed by atoms with Gasteiger partial charge in [-0.1, -0.05) is 97.0 Å². The molecular formula is C90H110Br2Cl2F2N16O9. The molecule has 0 unspecified atom stereocenters. The Balaban J connectivity index is 0.000000157. The van der Waals surface area contributed by atoms with Crippen LogP contribution in [0, 0.1) is 18.6 Å². The number of likely N-dealkylation sites (N-methyl/N-ethyl adjacent to an activating group) is 8. The monoisotopic (exact) mass is 1820 g/mol. The fourth-order valence-corrected chi connectivity index (χ4v) is 16.4. The van der Waals surface area contributed by atoms with Gasteiger partial charge in [-0.25, -0.2) is 8.78 Å². The summed E-state index contributed by atoms with van der Waals surface area (Å²) in [5, 5.41) is 1.34. The van der Waals surface area contributed by atoms with Crippen molar-refractivity contribution in [2.75, 3.05) is 103 Å². The summed E-state index contributed by atoms with van der Waals surface area (Å²) in [5.41, 5.74) is 63.1. The zero-order valence-corrected chi connectivity index (χ0v) is 74.6. The quantitative estimate of drug-likeness (QED) is 0.0757. The molecule has 0 aliphatic carbocycles. The van der Waals surface area contributed by atoms with E-state index in [-0.39, 0.29) is 77.0 Å². The van der Waals surface area contributed by atoms with Gasteiger partial charge in [0.1, 0.15) is 17.4 Å². The van der Waals surface area contributed by atoms with Crippen LogP contribution in [-0.4, -0.2) is 159 Å². The molecule has 16 N–H and O–H groups in total. The van der Waals surface area contributed by atoms with Crippen LogP contribution in [0.15, 0.2) is 155 Å². The normalized spacial score (nSPS) is 21.0. The number of nitrogens with two attached hydrogens (primary N) is 8. The summed E-state index contributed by atoms with van der Waals surface area (Å²) in [6, 6.07) is 40.8. The average molecular weight is 1830 g/mol. The van der Waals surface area contributed by atoms with Gasteiger partial charge in [0.2, 0.25) is 47.3 Å². The van der Waals surface area contributed by atoms with E-state index in [1.165, 1.54) is 56.3 Å². The van der Waals surface area contributed by atoms with Crippen molar-refractivity contribution in [3.63, 3.8) is 0 Å². The van der Waals surface area contributed by atoms with Crippen LogP contribution in [0.2, 0.25) is 10.0 Å². The highest BCUT2D eigenvalue weighted by Gasteiger charge is 2.33. The van der Waals surface area contributed by atoms with Crippen molar-refractivity contribution in [1.82, 2.24) is 0 Å². The first-order valence-corrected chi connectivity index (χ1v) is 42.4. The minimum atomic E-state index is -0.481. The summed E-state index contributed by atoms with van der Waals surface area (Å²) in [7, 11) is 15.5. The Kier molecular flexibility index (Phi) is 33.8. The molecule has 31 heteroatoms. The number of methoxy groups -OCH3 is 1.